The van der Waals surface area contributed by atoms with Crippen molar-refractivity contribution in [3.05, 3.63) is 12.3 Å². The van der Waals surface area contributed by atoms with Crippen LogP contribution in [0.2, 0.25) is 0 Å². The van der Waals surface area contributed by atoms with Crippen molar-refractivity contribution in [2.45, 2.75) is 32.2 Å². The summed E-state index contributed by atoms with van der Waals surface area (Å²) in [6, 6.07) is -0.138. The number of ketones is 2. The Morgan fingerprint density at radius 1 is 1.33 bits per heavy atom. The average molecular weight is 212 g/mol. The van der Waals surface area contributed by atoms with Gasteiger partial charge in [0.05, 0.1) is 11.7 Å². The molecule has 2 N–H and O–H groups in total. The minimum atomic E-state index is -0.138. The maximum atomic E-state index is 11.3. The van der Waals surface area contributed by atoms with Crippen molar-refractivity contribution in [2.75, 3.05) is 14.1 Å². The molecule has 0 aliphatic rings. The third-order valence-corrected chi connectivity index (χ3v) is 2.37. The highest BCUT2D eigenvalue weighted by Gasteiger charge is 2.12. The van der Waals surface area contributed by atoms with Gasteiger partial charge in [-0.1, -0.05) is 6.58 Å². The molecule has 0 aliphatic heterocycles. The van der Waals surface area contributed by atoms with Gasteiger partial charge in [0.1, 0.15) is 5.78 Å². The molecule has 0 amide bonds. The summed E-state index contributed by atoms with van der Waals surface area (Å²) in [6.45, 7) is 5.13. The van der Waals surface area contributed by atoms with Gasteiger partial charge in [0.25, 0.3) is 0 Å². The quantitative estimate of drug-likeness (QED) is 0.580. The second-order valence-electron chi connectivity index (χ2n) is 3.50. The standard InChI is InChI=1S/C11H20N2O2/c1-8(12-3)11(15)7-5-6-10(13-4)9(2)14/h10,12-13H,1,5-7H2,2-4H3/t10-/m0/s1. The molecule has 0 aliphatic carbocycles. The van der Waals surface area contributed by atoms with E-state index < -0.39 is 0 Å². The molecule has 0 saturated carbocycles. The predicted molar refractivity (Wildman–Crippen MR) is 60.6 cm³/mol. The lowest BCUT2D eigenvalue weighted by Crippen LogP contribution is -2.32. The van der Waals surface area contributed by atoms with Gasteiger partial charge in [-0.25, -0.2) is 0 Å². The molecule has 0 aromatic heterocycles. The number of Topliss-reactive ketones (excluding diaryl/α,β-unsaturated/α-hetero) is 2. The highest BCUT2D eigenvalue weighted by atomic mass is 16.1. The summed E-state index contributed by atoms with van der Waals surface area (Å²) in [6.07, 6.45) is 1.82. The Hall–Kier alpha value is -1.16. The number of nitrogens with one attached hydrogen (secondary N) is 2. The fourth-order valence-electron chi connectivity index (χ4n) is 1.31. The summed E-state index contributed by atoms with van der Waals surface area (Å²) in [5.41, 5.74) is 0.429. The van der Waals surface area contributed by atoms with E-state index in [1.165, 1.54) is 0 Å². The van der Waals surface area contributed by atoms with E-state index in [-0.39, 0.29) is 17.6 Å². The third-order valence-electron chi connectivity index (χ3n) is 2.37. The smallest absolute Gasteiger partial charge is 0.178 e. The molecule has 4 heteroatoms. The van der Waals surface area contributed by atoms with Crippen molar-refractivity contribution in [2.24, 2.45) is 0 Å². The zero-order valence-electron chi connectivity index (χ0n) is 9.72. The Morgan fingerprint density at radius 2 is 1.93 bits per heavy atom. The summed E-state index contributed by atoms with van der Waals surface area (Å²) >= 11 is 0. The van der Waals surface area contributed by atoms with Crippen molar-refractivity contribution < 1.29 is 9.59 Å². The number of rotatable bonds is 8. The van der Waals surface area contributed by atoms with Gasteiger partial charge in [-0.3, -0.25) is 9.59 Å². The minimum Gasteiger partial charge on any atom is -0.386 e. The number of carbonyl (C=O) groups is 2. The molecule has 15 heavy (non-hydrogen) atoms. The second kappa shape index (κ2) is 7.17. The van der Waals surface area contributed by atoms with Crippen LogP contribution < -0.4 is 10.6 Å². The van der Waals surface area contributed by atoms with Crippen LogP contribution in [0.15, 0.2) is 12.3 Å². The molecule has 0 aromatic carbocycles. The summed E-state index contributed by atoms with van der Waals surface area (Å²) in [5.74, 6) is 0.119. The molecular weight excluding hydrogens is 192 g/mol. The Bertz CT molecular complexity index is 249. The summed E-state index contributed by atoms with van der Waals surface area (Å²) in [7, 11) is 3.42. The molecule has 0 radical (unpaired) electrons. The maximum absolute atomic E-state index is 11.3. The van der Waals surface area contributed by atoms with Gasteiger partial charge >= 0.3 is 0 Å². The van der Waals surface area contributed by atoms with Crippen LogP contribution in [0.5, 0.6) is 0 Å². The SMILES string of the molecule is C=C(NC)C(=O)CCC[C@H](NC)C(C)=O. The molecule has 1 atom stereocenters. The van der Waals surface area contributed by atoms with Crippen LogP contribution in [-0.4, -0.2) is 31.7 Å². The first-order chi connectivity index (χ1) is 7.02. The van der Waals surface area contributed by atoms with Crippen LogP contribution in [0.3, 0.4) is 0 Å². The molecule has 0 unspecified atom stereocenters. The molecule has 0 bridgehead atoms. The third kappa shape index (κ3) is 5.32. The summed E-state index contributed by atoms with van der Waals surface area (Å²) < 4.78 is 0. The van der Waals surface area contributed by atoms with E-state index in [0.717, 1.165) is 0 Å². The molecule has 86 valence electrons. The molecule has 4 nitrogen and oxygen atoms in total. The Morgan fingerprint density at radius 3 is 2.33 bits per heavy atom. The Kier molecular flexibility index (Phi) is 6.62. The van der Waals surface area contributed by atoms with Crippen LogP contribution in [0, 0.1) is 0 Å². The van der Waals surface area contributed by atoms with Crippen LogP contribution in [-0.2, 0) is 9.59 Å². The monoisotopic (exact) mass is 212 g/mol. The fourth-order valence-corrected chi connectivity index (χ4v) is 1.31. The second-order valence-corrected chi connectivity index (χ2v) is 3.50. The molecule has 0 saturated heterocycles. The molecule has 0 rings (SSSR count). The van der Waals surface area contributed by atoms with Crippen molar-refractivity contribution in [1.29, 1.82) is 0 Å². The van der Waals surface area contributed by atoms with Crippen molar-refractivity contribution in [3.8, 4) is 0 Å². The lowest BCUT2D eigenvalue weighted by molar-refractivity contribution is -0.119. The first kappa shape index (κ1) is 13.8. The van der Waals surface area contributed by atoms with Crippen LogP contribution in [0.25, 0.3) is 0 Å². The Labute approximate surface area is 91.1 Å². The van der Waals surface area contributed by atoms with E-state index in [0.29, 0.717) is 25.0 Å². The van der Waals surface area contributed by atoms with E-state index in [1.54, 1.807) is 21.0 Å². The molecule has 0 aromatic rings. The van der Waals surface area contributed by atoms with Crippen LogP contribution >= 0.6 is 0 Å². The fraction of sp³-hybridized carbons (Fsp3) is 0.636. The largest absolute Gasteiger partial charge is 0.386 e. The average Bonchev–Trinajstić information content (AvgIpc) is 2.22. The zero-order valence-corrected chi connectivity index (χ0v) is 9.72. The molecule has 0 heterocycles. The van der Waals surface area contributed by atoms with Crippen LogP contribution in [0.1, 0.15) is 26.2 Å². The van der Waals surface area contributed by atoms with Gasteiger partial charge in [-0.05, 0) is 26.8 Å². The predicted octanol–water partition coefficient (Wildman–Crippen LogP) is 0.636. The first-order valence-corrected chi connectivity index (χ1v) is 5.10. The number of carbonyl (C=O) groups excluding carboxylic acids is 2. The van der Waals surface area contributed by atoms with Gasteiger partial charge in [-0.2, -0.15) is 0 Å². The summed E-state index contributed by atoms with van der Waals surface area (Å²) in [4.78, 5) is 22.4. The van der Waals surface area contributed by atoms with Crippen molar-refractivity contribution in [1.82, 2.24) is 10.6 Å². The highest BCUT2D eigenvalue weighted by molar-refractivity contribution is 5.94. The van der Waals surface area contributed by atoms with Crippen molar-refractivity contribution >= 4 is 11.6 Å². The van der Waals surface area contributed by atoms with Gasteiger partial charge in [-0.15, -0.1) is 0 Å². The van der Waals surface area contributed by atoms with E-state index in [2.05, 4.69) is 17.2 Å². The van der Waals surface area contributed by atoms with E-state index >= 15 is 0 Å². The van der Waals surface area contributed by atoms with Gasteiger partial charge in [0, 0.05) is 13.5 Å². The van der Waals surface area contributed by atoms with Gasteiger partial charge < -0.3 is 10.6 Å². The number of allylic oxidation sites excluding steroid dienone is 1. The maximum Gasteiger partial charge on any atom is 0.178 e. The lowest BCUT2D eigenvalue weighted by Gasteiger charge is -2.11. The van der Waals surface area contributed by atoms with E-state index in [9.17, 15) is 9.59 Å². The van der Waals surface area contributed by atoms with Crippen LogP contribution in [0.4, 0.5) is 0 Å². The molecule has 0 spiro atoms. The lowest BCUT2D eigenvalue weighted by atomic mass is 10.0. The normalized spacial score (nSPS) is 11.9. The topological polar surface area (TPSA) is 58.2 Å². The van der Waals surface area contributed by atoms with E-state index in [1.807, 2.05) is 0 Å². The summed E-state index contributed by atoms with van der Waals surface area (Å²) in [5, 5.41) is 5.63. The number of likely N-dealkylation sites (N-methyl/N-ethyl adjacent to an activating group) is 2. The van der Waals surface area contributed by atoms with Crippen molar-refractivity contribution in [3.63, 3.8) is 0 Å². The Balaban J connectivity index is 3.83. The number of hydrogen-bond acceptors (Lipinski definition) is 4. The first-order valence-electron chi connectivity index (χ1n) is 5.10. The van der Waals surface area contributed by atoms with Gasteiger partial charge in [0.15, 0.2) is 5.78 Å². The number of hydrogen-bond donors (Lipinski definition) is 2. The zero-order chi connectivity index (χ0) is 11.8. The minimum absolute atomic E-state index is 0.0101. The van der Waals surface area contributed by atoms with E-state index in [4.69, 9.17) is 0 Å². The molecule has 0 fully saturated rings. The van der Waals surface area contributed by atoms with Gasteiger partial charge in [0.2, 0.25) is 0 Å². The highest BCUT2D eigenvalue weighted by Crippen LogP contribution is 2.04. The molecular formula is C11H20N2O2.